The molecule has 0 spiro atoms. The summed E-state index contributed by atoms with van der Waals surface area (Å²) >= 11 is 0. The first-order valence-electron chi connectivity index (χ1n) is 7.42. The average molecular weight is 246 g/mol. The maximum Gasteiger partial charge on any atom is 0.0639 e. The van der Waals surface area contributed by atoms with E-state index < -0.39 is 0 Å². The van der Waals surface area contributed by atoms with Crippen molar-refractivity contribution in [1.82, 2.24) is 0 Å². The van der Waals surface area contributed by atoms with Gasteiger partial charge >= 0.3 is 0 Å². The van der Waals surface area contributed by atoms with E-state index in [-0.39, 0.29) is 11.5 Å². The Morgan fingerprint density at radius 2 is 1.89 bits per heavy atom. The molecule has 1 saturated carbocycles. The van der Waals surface area contributed by atoms with Crippen LogP contribution in [0.3, 0.4) is 0 Å². The summed E-state index contributed by atoms with van der Waals surface area (Å²) < 4.78 is 0. The van der Waals surface area contributed by atoms with Gasteiger partial charge in [-0.2, -0.15) is 0 Å². The van der Waals surface area contributed by atoms with Gasteiger partial charge in [-0.3, -0.25) is 0 Å². The molecule has 1 aliphatic rings. The minimum Gasteiger partial charge on any atom is -0.392 e. The zero-order valence-corrected chi connectivity index (χ0v) is 11.7. The molecular formula is C17H26O. The molecule has 0 saturated heterocycles. The van der Waals surface area contributed by atoms with E-state index in [1.54, 1.807) is 0 Å². The smallest absolute Gasteiger partial charge is 0.0639 e. The predicted octanol–water partition coefficient (Wildman–Crippen LogP) is 4.30. The Morgan fingerprint density at radius 1 is 1.22 bits per heavy atom. The van der Waals surface area contributed by atoms with Gasteiger partial charge in [0, 0.05) is 5.41 Å². The first-order chi connectivity index (χ1) is 8.69. The molecule has 0 radical (unpaired) electrons. The van der Waals surface area contributed by atoms with Crippen molar-refractivity contribution < 1.29 is 5.11 Å². The van der Waals surface area contributed by atoms with Crippen LogP contribution in [-0.2, 0) is 5.41 Å². The van der Waals surface area contributed by atoms with Crippen LogP contribution in [0.1, 0.15) is 57.9 Å². The highest BCUT2D eigenvalue weighted by Gasteiger charge is 2.44. The number of aliphatic hydroxyl groups excluding tert-OH is 1. The van der Waals surface area contributed by atoms with Gasteiger partial charge < -0.3 is 5.11 Å². The Morgan fingerprint density at radius 3 is 2.39 bits per heavy atom. The van der Waals surface area contributed by atoms with Crippen LogP contribution in [0.4, 0.5) is 0 Å². The Kier molecular flexibility index (Phi) is 4.45. The van der Waals surface area contributed by atoms with Gasteiger partial charge in [0.05, 0.1) is 6.10 Å². The first kappa shape index (κ1) is 13.6. The Labute approximate surface area is 111 Å². The highest BCUT2D eigenvalue weighted by Crippen LogP contribution is 2.48. The largest absolute Gasteiger partial charge is 0.392 e. The van der Waals surface area contributed by atoms with Crippen molar-refractivity contribution >= 4 is 0 Å². The summed E-state index contributed by atoms with van der Waals surface area (Å²) in [6.07, 6.45) is 6.77. The van der Waals surface area contributed by atoms with Crippen LogP contribution in [-0.4, -0.2) is 11.2 Å². The summed E-state index contributed by atoms with van der Waals surface area (Å²) in [7, 11) is 0. The summed E-state index contributed by atoms with van der Waals surface area (Å²) in [5.41, 5.74) is 1.40. The van der Waals surface area contributed by atoms with Crippen LogP contribution in [0.2, 0.25) is 0 Å². The lowest BCUT2D eigenvalue weighted by Crippen LogP contribution is -2.46. The second-order valence-electron chi connectivity index (χ2n) is 6.02. The van der Waals surface area contributed by atoms with Gasteiger partial charge in [-0.05, 0) is 30.7 Å². The van der Waals surface area contributed by atoms with Crippen molar-refractivity contribution in [3.05, 3.63) is 35.9 Å². The first-order valence-corrected chi connectivity index (χ1v) is 7.42. The third kappa shape index (κ3) is 2.61. The Bertz CT molecular complexity index is 353. The van der Waals surface area contributed by atoms with Crippen LogP contribution in [0, 0.1) is 5.92 Å². The highest BCUT2D eigenvalue weighted by molar-refractivity contribution is 5.29. The second kappa shape index (κ2) is 5.88. The fraction of sp³-hybridized carbons (Fsp3) is 0.647. The van der Waals surface area contributed by atoms with Crippen LogP contribution < -0.4 is 0 Å². The molecule has 1 heteroatoms. The lowest BCUT2D eigenvalue weighted by atomic mass is 9.60. The van der Waals surface area contributed by atoms with Crippen molar-refractivity contribution in [3.63, 3.8) is 0 Å². The van der Waals surface area contributed by atoms with E-state index in [0.717, 1.165) is 19.3 Å². The van der Waals surface area contributed by atoms with Gasteiger partial charge in [0.1, 0.15) is 0 Å². The van der Waals surface area contributed by atoms with Crippen molar-refractivity contribution in [3.8, 4) is 0 Å². The monoisotopic (exact) mass is 246 g/mol. The quantitative estimate of drug-likeness (QED) is 0.793. The average Bonchev–Trinajstić information content (AvgIpc) is 2.29. The Balaban J connectivity index is 2.08. The zero-order valence-electron chi connectivity index (χ0n) is 11.7. The van der Waals surface area contributed by atoms with Crippen molar-refractivity contribution in [2.45, 2.75) is 63.9 Å². The van der Waals surface area contributed by atoms with Crippen LogP contribution in [0.15, 0.2) is 30.3 Å². The molecule has 1 aromatic rings. The Hall–Kier alpha value is -0.820. The summed E-state index contributed by atoms with van der Waals surface area (Å²) in [5.74, 6) is 0.631. The molecule has 1 nitrogen and oxygen atoms in total. The number of hydrogen-bond donors (Lipinski definition) is 1. The molecule has 1 N–H and O–H groups in total. The summed E-state index contributed by atoms with van der Waals surface area (Å²) in [6, 6.07) is 10.6. The molecule has 2 unspecified atom stereocenters. The van der Waals surface area contributed by atoms with Crippen molar-refractivity contribution in [1.29, 1.82) is 0 Å². The van der Waals surface area contributed by atoms with Gasteiger partial charge in [0.2, 0.25) is 0 Å². The molecule has 100 valence electrons. The molecule has 0 heterocycles. The molecule has 0 bridgehead atoms. The molecule has 2 atom stereocenters. The highest BCUT2D eigenvalue weighted by atomic mass is 16.3. The number of benzene rings is 1. The predicted molar refractivity (Wildman–Crippen MR) is 76.7 cm³/mol. The molecule has 0 aromatic heterocycles. The van der Waals surface area contributed by atoms with Crippen LogP contribution in [0.5, 0.6) is 0 Å². The van der Waals surface area contributed by atoms with E-state index in [1.165, 1.54) is 24.8 Å². The van der Waals surface area contributed by atoms with Gasteiger partial charge in [-0.25, -0.2) is 0 Å². The van der Waals surface area contributed by atoms with E-state index in [1.807, 2.05) is 0 Å². The second-order valence-corrected chi connectivity index (χ2v) is 6.02. The molecular weight excluding hydrogens is 220 g/mol. The van der Waals surface area contributed by atoms with E-state index in [0.29, 0.717) is 5.92 Å². The van der Waals surface area contributed by atoms with Gasteiger partial charge in [-0.15, -0.1) is 0 Å². The lowest BCUT2D eigenvalue weighted by molar-refractivity contribution is 0.0117. The maximum atomic E-state index is 10.7. The lowest BCUT2D eigenvalue weighted by Gasteiger charge is -2.47. The summed E-state index contributed by atoms with van der Waals surface area (Å²) in [4.78, 5) is 0. The third-order valence-electron chi connectivity index (χ3n) is 4.64. The van der Waals surface area contributed by atoms with Crippen LogP contribution in [0.25, 0.3) is 0 Å². The normalized spacial score (nSPS) is 21.1. The van der Waals surface area contributed by atoms with Crippen LogP contribution >= 0.6 is 0 Å². The summed E-state index contributed by atoms with van der Waals surface area (Å²) in [5, 5.41) is 10.7. The van der Waals surface area contributed by atoms with Gasteiger partial charge in [0.25, 0.3) is 0 Å². The molecule has 2 rings (SSSR count). The van der Waals surface area contributed by atoms with Crippen molar-refractivity contribution in [2.24, 2.45) is 5.92 Å². The van der Waals surface area contributed by atoms with Crippen molar-refractivity contribution in [2.75, 3.05) is 0 Å². The minimum atomic E-state index is -0.171. The standard InChI is InChI=1S/C17H26O/c1-3-8-14(2)13-16(18)17(11-7-12-17)15-9-5-4-6-10-15/h4-6,9-10,14,16,18H,3,7-8,11-13H2,1-2H3. The molecule has 0 aliphatic heterocycles. The number of hydrogen-bond acceptors (Lipinski definition) is 1. The SMILES string of the molecule is CCCC(C)CC(O)C1(c2ccccc2)CCC1. The van der Waals surface area contributed by atoms with E-state index in [2.05, 4.69) is 44.2 Å². The van der Waals surface area contributed by atoms with E-state index in [4.69, 9.17) is 0 Å². The van der Waals surface area contributed by atoms with Gasteiger partial charge in [0.15, 0.2) is 0 Å². The summed E-state index contributed by atoms with van der Waals surface area (Å²) in [6.45, 7) is 4.49. The molecule has 1 fully saturated rings. The zero-order chi connectivity index (χ0) is 13.0. The molecule has 0 amide bonds. The van der Waals surface area contributed by atoms with E-state index in [9.17, 15) is 5.11 Å². The minimum absolute atomic E-state index is 0.0588. The molecule has 18 heavy (non-hydrogen) atoms. The number of rotatable bonds is 6. The fourth-order valence-corrected chi connectivity index (χ4v) is 3.36. The fourth-order valence-electron chi connectivity index (χ4n) is 3.36. The maximum absolute atomic E-state index is 10.7. The van der Waals surface area contributed by atoms with E-state index >= 15 is 0 Å². The molecule has 1 aromatic carbocycles. The number of aliphatic hydroxyl groups is 1. The third-order valence-corrected chi connectivity index (χ3v) is 4.64. The topological polar surface area (TPSA) is 20.2 Å². The molecule has 1 aliphatic carbocycles. The van der Waals surface area contributed by atoms with Gasteiger partial charge in [-0.1, -0.05) is 63.4 Å².